The zero-order valence-corrected chi connectivity index (χ0v) is 15.3. The number of amides is 1. The molecule has 1 amide bonds. The fourth-order valence-electron chi connectivity index (χ4n) is 2.29. The molecule has 0 aliphatic carbocycles. The highest BCUT2D eigenvalue weighted by Gasteiger charge is 2.15. The van der Waals surface area contributed by atoms with E-state index in [2.05, 4.69) is 42.9 Å². The molecule has 0 fully saturated rings. The van der Waals surface area contributed by atoms with Crippen molar-refractivity contribution in [1.29, 1.82) is 0 Å². The van der Waals surface area contributed by atoms with E-state index in [0.717, 1.165) is 23.1 Å². The topological polar surface area (TPSA) is 59.8 Å². The molecule has 6 heteroatoms. The van der Waals surface area contributed by atoms with Gasteiger partial charge in [-0.1, -0.05) is 50.7 Å². The smallest absolute Gasteiger partial charge is 0.234 e. The van der Waals surface area contributed by atoms with Crippen LogP contribution in [0.15, 0.2) is 42.1 Å². The van der Waals surface area contributed by atoms with E-state index >= 15 is 0 Å². The number of rotatable bonds is 8. The molecule has 0 radical (unpaired) electrons. The first-order valence-electron chi connectivity index (χ1n) is 8.10. The molecule has 0 saturated carbocycles. The molecule has 1 N–H and O–H groups in total. The Kier molecular flexibility index (Phi) is 6.61. The van der Waals surface area contributed by atoms with Crippen molar-refractivity contribution < 1.29 is 4.79 Å². The van der Waals surface area contributed by atoms with Gasteiger partial charge < -0.3 is 9.88 Å². The average molecular weight is 344 g/mol. The highest BCUT2D eigenvalue weighted by Crippen LogP contribution is 2.21. The molecular formula is C18H24N4OS. The largest absolute Gasteiger partial charge is 0.325 e. The maximum Gasteiger partial charge on any atom is 0.234 e. The molecule has 24 heavy (non-hydrogen) atoms. The van der Waals surface area contributed by atoms with Gasteiger partial charge in [0.05, 0.1) is 5.75 Å². The molecule has 0 aliphatic rings. The zero-order chi connectivity index (χ0) is 17.5. The molecule has 0 aliphatic heterocycles. The molecule has 0 saturated heterocycles. The second-order valence-corrected chi connectivity index (χ2v) is 6.72. The summed E-state index contributed by atoms with van der Waals surface area (Å²) in [6, 6.07) is 7.91. The van der Waals surface area contributed by atoms with Gasteiger partial charge in [-0.25, -0.2) is 0 Å². The van der Waals surface area contributed by atoms with Crippen LogP contribution in [0.4, 0.5) is 5.69 Å². The number of aryl methyl sites for hydroxylation is 1. The van der Waals surface area contributed by atoms with Crippen LogP contribution in [0.5, 0.6) is 0 Å². The zero-order valence-electron chi connectivity index (χ0n) is 14.5. The van der Waals surface area contributed by atoms with Gasteiger partial charge in [-0.3, -0.25) is 4.79 Å². The van der Waals surface area contributed by atoms with E-state index in [0.29, 0.717) is 12.3 Å². The van der Waals surface area contributed by atoms with Crippen LogP contribution in [0, 0.1) is 0 Å². The quantitative estimate of drug-likeness (QED) is 0.583. The summed E-state index contributed by atoms with van der Waals surface area (Å²) >= 11 is 1.39. The Hall–Kier alpha value is -2.08. The Bertz CT molecular complexity index is 692. The summed E-state index contributed by atoms with van der Waals surface area (Å²) in [5, 5.41) is 12.1. The molecule has 0 spiro atoms. The van der Waals surface area contributed by atoms with Crippen LogP contribution < -0.4 is 5.32 Å². The third kappa shape index (κ3) is 4.71. The third-order valence-electron chi connectivity index (χ3n) is 3.55. The van der Waals surface area contributed by atoms with Crippen LogP contribution in [0.1, 0.15) is 38.1 Å². The van der Waals surface area contributed by atoms with E-state index in [9.17, 15) is 4.79 Å². The monoisotopic (exact) mass is 344 g/mol. The van der Waals surface area contributed by atoms with Crippen molar-refractivity contribution in [2.24, 2.45) is 0 Å². The number of carbonyl (C=O) groups is 1. The first-order valence-corrected chi connectivity index (χ1v) is 9.09. The lowest BCUT2D eigenvalue weighted by Crippen LogP contribution is -2.15. The van der Waals surface area contributed by atoms with E-state index in [1.54, 1.807) is 0 Å². The maximum atomic E-state index is 12.1. The number of allylic oxidation sites excluding steroid dienone is 1. The van der Waals surface area contributed by atoms with Crippen molar-refractivity contribution in [2.75, 3.05) is 11.1 Å². The Morgan fingerprint density at radius 3 is 2.62 bits per heavy atom. The van der Waals surface area contributed by atoms with Gasteiger partial charge in [0.2, 0.25) is 5.91 Å². The summed E-state index contributed by atoms with van der Waals surface area (Å²) in [5.74, 6) is 1.43. The minimum atomic E-state index is -0.0523. The fraction of sp³-hybridized carbons (Fsp3) is 0.389. The number of hydrogen-bond donors (Lipinski definition) is 1. The second-order valence-electron chi connectivity index (χ2n) is 5.78. The van der Waals surface area contributed by atoms with Crippen molar-refractivity contribution in [3.8, 4) is 0 Å². The molecular weight excluding hydrogens is 320 g/mol. The van der Waals surface area contributed by atoms with Crippen molar-refractivity contribution in [1.82, 2.24) is 14.8 Å². The molecule has 0 atom stereocenters. The average Bonchev–Trinajstić information content (AvgIpc) is 2.97. The van der Waals surface area contributed by atoms with Gasteiger partial charge in [0, 0.05) is 18.2 Å². The van der Waals surface area contributed by atoms with E-state index in [1.807, 2.05) is 34.9 Å². The lowest BCUT2D eigenvalue weighted by atomic mass is 10.1. The van der Waals surface area contributed by atoms with Gasteiger partial charge >= 0.3 is 0 Å². The lowest BCUT2D eigenvalue weighted by molar-refractivity contribution is -0.113. The van der Waals surface area contributed by atoms with E-state index in [4.69, 9.17) is 0 Å². The van der Waals surface area contributed by atoms with Crippen LogP contribution in [-0.2, 0) is 17.8 Å². The summed E-state index contributed by atoms with van der Waals surface area (Å²) in [7, 11) is 0. The SMILES string of the molecule is C=CCn1c(SCC(=O)Nc2ccc(CC)cc2)nnc1C(C)C. The van der Waals surface area contributed by atoms with Crippen molar-refractivity contribution in [3.63, 3.8) is 0 Å². The molecule has 0 unspecified atom stereocenters. The number of aromatic nitrogens is 3. The van der Waals surface area contributed by atoms with Crippen LogP contribution in [-0.4, -0.2) is 26.4 Å². The van der Waals surface area contributed by atoms with Crippen LogP contribution in [0.2, 0.25) is 0 Å². The summed E-state index contributed by atoms with van der Waals surface area (Å²) in [5.41, 5.74) is 2.06. The van der Waals surface area contributed by atoms with E-state index < -0.39 is 0 Å². The van der Waals surface area contributed by atoms with Gasteiger partial charge in [0.25, 0.3) is 0 Å². The van der Waals surface area contributed by atoms with E-state index in [1.165, 1.54) is 17.3 Å². The van der Waals surface area contributed by atoms with Crippen LogP contribution in [0.25, 0.3) is 0 Å². The minimum absolute atomic E-state index is 0.0523. The number of benzene rings is 1. The summed E-state index contributed by atoms with van der Waals surface area (Å²) < 4.78 is 2.01. The lowest BCUT2D eigenvalue weighted by Gasteiger charge is -2.10. The highest BCUT2D eigenvalue weighted by atomic mass is 32.2. The predicted molar refractivity (Wildman–Crippen MR) is 99.5 cm³/mol. The Labute approximate surface area is 147 Å². The number of anilines is 1. The fourth-order valence-corrected chi connectivity index (χ4v) is 3.04. The van der Waals surface area contributed by atoms with Crippen molar-refractivity contribution in [2.45, 2.75) is 44.8 Å². The predicted octanol–water partition coefficient (Wildman–Crippen LogP) is 3.88. The van der Waals surface area contributed by atoms with Crippen LogP contribution >= 0.6 is 11.8 Å². The normalized spacial score (nSPS) is 10.8. The Morgan fingerprint density at radius 2 is 2.04 bits per heavy atom. The van der Waals surface area contributed by atoms with Crippen LogP contribution in [0.3, 0.4) is 0 Å². The minimum Gasteiger partial charge on any atom is -0.325 e. The molecule has 5 nitrogen and oxygen atoms in total. The number of thioether (sulfide) groups is 1. The Morgan fingerprint density at radius 1 is 1.33 bits per heavy atom. The number of nitrogens with zero attached hydrogens (tertiary/aromatic N) is 3. The van der Waals surface area contributed by atoms with Gasteiger partial charge in [-0.05, 0) is 24.1 Å². The number of nitrogens with one attached hydrogen (secondary N) is 1. The molecule has 2 aromatic rings. The van der Waals surface area contributed by atoms with Gasteiger partial charge in [-0.15, -0.1) is 16.8 Å². The number of carbonyl (C=O) groups excluding carboxylic acids is 1. The molecule has 1 heterocycles. The first kappa shape index (κ1) is 18.3. The second kappa shape index (κ2) is 8.68. The molecule has 128 valence electrons. The Balaban J connectivity index is 1.97. The molecule has 1 aromatic carbocycles. The van der Waals surface area contributed by atoms with E-state index in [-0.39, 0.29) is 11.8 Å². The maximum absolute atomic E-state index is 12.1. The summed E-state index contributed by atoms with van der Waals surface area (Å²) in [6.07, 6.45) is 2.80. The molecule has 0 bridgehead atoms. The number of hydrogen-bond acceptors (Lipinski definition) is 4. The van der Waals surface area contributed by atoms with Gasteiger partial charge in [0.15, 0.2) is 5.16 Å². The summed E-state index contributed by atoms with van der Waals surface area (Å²) in [6.45, 7) is 10.7. The first-order chi connectivity index (χ1) is 11.5. The van der Waals surface area contributed by atoms with Crippen molar-refractivity contribution in [3.05, 3.63) is 48.3 Å². The highest BCUT2D eigenvalue weighted by molar-refractivity contribution is 7.99. The molecule has 2 rings (SSSR count). The standard InChI is InChI=1S/C18H24N4OS/c1-5-11-22-17(13(3)4)20-21-18(22)24-12-16(23)19-15-9-7-14(6-2)8-10-15/h5,7-10,13H,1,6,11-12H2,2-4H3,(H,19,23). The van der Waals surface area contributed by atoms with Gasteiger partial charge in [0.1, 0.15) is 5.82 Å². The van der Waals surface area contributed by atoms with Crippen molar-refractivity contribution >= 4 is 23.4 Å². The third-order valence-corrected chi connectivity index (χ3v) is 4.52. The summed E-state index contributed by atoms with van der Waals surface area (Å²) in [4.78, 5) is 12.1. The molecule has 1 aromatic heterocycles. The van der Waals surface area contributed by atoms with Gasteiger partial charge in [-0.2, -0.15) is 0 Å².